The highest BCUT2D eigenvalue weighted by Crippen LogP contribution is 2.30. The summed E-state index contributed by atoms with van der Waals surface area (Å²) in [5.74, 6) is -1.21. The molecule has 0 aliphatic carbocycles. The largest absolute Gasteiger partial charge is 0.366 e. The van der Waals surface area contributed by atoms with Gasteiger partial charge in [0.1, 0.15) is 5.82 Å². The fourth-order valence-electron chi connectivity index (χ4n) is 4.66. The quantitative estimate of drug-likeness (QED) is 0.514. The molecule has 3 heterocycles. The number of fused-ring (bicyclic) bond motifs is 2. The van der Waals surface area contributed by atoms with E-state index in [2.05, 4.69) is 36.4 Å². The summed E-state index contributed by atoms with van der Waals surface area (Å²) in [6.07, 6.45) is 3.91. The monoisotopic (exact) mass is 484 g/mol. The molecule has 8 heteroatoms. The number of hydrogen-bond donors (Lipinski definition) is 2. The fourth-order valence-corrected chi connectivity index (χ4v) is 5.02. The van der Waals surface area contributed by atoms with E-state index in [0.29, 0.717) is 34.1 Å². The lowest BCUT2D eigenvalue weighted by Gasteiger charge is -2.39. The van der Waals surface area contributed by atoms with Gasteiger partial charge in [0.15, 0.2) is 0 Å². The van der Waals surface area contributed by atoms with Crippen LogP contribution in [0.5, 0.6) is 0 Å². The third-order valence-electron chi connectivity index (χ3n) is 6.25. The Hall–Kier alpha value is -2.71. The van der Waals surface area contributed by atoms with Crippen LogP contribution in [0.15, 0.2) is 47.1 Å². The first-order chi connectivity index (χ1) is 15.0. The van der Waals surface area contributed by atoms with Gasteiger partial charge >= 0.3 is 0 Å². The normalized spacial score (nSPS) is 22.3. The van der Waals surface area contributed by atoms with Crippen LogP contribution in [0.4, 0.5) is 15.8 Å². The zero-order valence-electron chi connectivity index (χ0n) is 16.8. The zero-order chi connectivity index (χ0) is 21.5. The third-order valence-corrected chi connectivity index (χ3v) is 6.74. The van der Waals surface area contributed by atoms with Crippen molar-refractivity contribution in [3.05, 3.63) is 64.0 Å². The number of nitrogens with zero attached hydrogens (tertiary/aromatic N) is 2. The maximum Gasteiger partial charge on any atom is 0.260 e. The number of carbonyl (C=O) groups is 2. The Bertz CT molecular complexity index is 1100. The van der Waals surface area contributed by atoms with E-state index in [4.69, 9.17) is 0 Å². The first kappa shape index (κ1) is 20.2. The van der Waals surface area contributed by atoms with Gasteiger partial charge < -0.3 is 10.2 Å². The van der Waals surface area contributed by atoms with E-state index in [1.807, 2.05) is 6.07 Å². The second-order valence-corrected chi connectivity index (χ2v) is 9.04. The second kappa shape index (κ2) is 8.09. The molecule has 0 saturated carbocycles. The molecular formula is C23H22BrFN4O2. The van der Waals surface area contributed by atoms with Gasteiger partial charge in [0.05, 0.1) is 11.3 Å². The topological polar surface area (TPSA) is 64.7 Å². The molecule has 2 saturated heterocycles. The van der Waals surface area contributed by atoms with Crippen LogP contribution in [-0.4, -0.2) is 48.9 Å². The molecule has 1 atom stereocenters. The van der Waals surface area contributed by atoms with E-state index in [-0.39, 0.29) is 5.82 Å². The molecule has 0 radical (unpaired) electrons. The molecular weight excluding hydrogens is 463 g/mol. The Morgan fingerprint density at radius 1 is 1.06 bits per heavy atom. The van der Waals surface area contributed by atoms with E-state index in [9.17, 15) is 14.0 Å². The van der Waals surface area contributed by atoms with Crippen molar-refractivity contribution < 1.29 is 14.0 Å². The highest BCUT2D eigenvalue weighted by molar-refractivity contribution is 9.10. The molecule has 3 aliphatic rings. The molecule has 0 unspecified atom stereocenters. The highest BCUT2D eigenvalue weighted by Gasteiger charge is 2.31. The minimum Gasteiger partial charge on any atom is -0.366 e. The van der Waals surface area contributed by atoms with Gasteiger partial charge in [0.2, 0.25) is 0 Å². The van der Waals surface area contributed by atoms with Crippen LogP contribution in [0, 0.1) is 5.82 Å². The van der Waals surface area contributed by atoms with Gasteiger partial charge in [-0.25, -0.2) is 4.39 Å². The van der Waals surface area contributed by atoms with Crippen molar-refractivity contribution >= 4 is 44.7 Å². The average molecular weight is 485 g/mol. The standard InChI is InChI=1S/C23H22BrFN4O2/c24-14-3-5-17-18(10-14)19(23(31)27-22(17)30)12-26-15-4-6-21(20(25)11-15)29-9-8-28-7-1-2-16(28)13-29/h3-6,10-12,16,26H,1-2,7-9,13H2,(H,27,30,31)/t16-/m0/s1. The molecule has 6 nitrogen and oxygen atoms in total. The van der Waals surface area contributed by atoms with Crippen molar-refractivity contribution in [3.8, 4) is 0 Å². The SMILES string of the molecule is O=C1NC(=O)c2ccc(Br)cc2C1=CNc1ccc(N2CCN3CCC[C@H]3C2)c(F)c1. The van der Waals surface area contributed by atoms with Crippen LogP contribution >= 0.6 is 15.9 Å². The Labute approximate surface area is 188 Å². The lowest BCUT2D eigenvalue weighted by Crippen LogP contribution is -2.50. The summed E-state index contributed by atoms with van der Waals surface area (Å²) in [6, 6.07) is 10.7. The number of rotatable bonds is 3. The van der Waals surface area contributed by atoms with Crippen molar-refractivity contribution in [3.63, 3.8) is 0 Å². The molecule has 2 N–H and O–H groups in total. The maximum atomic E-state index is 14.9. The van der Waals surface area contributed by atoms with E-state index in [1.165, 1.54) is 25.1 Å². The van der Waals surface area contributed by atoms with Gasteiger partial charge in [-0.05, 0) is 55.8 Å². The number of benzene rings is 2. The summed E-state index contributed by atoms with van der Waals surface area (Å²) in [5.41, 5.74) is 2.41. The predicted octanol–water partition coefficient (Wildman–Crippen LogP) is 3.60. The van der Waals surface area contributed by atoms with Crippen molar-refractivity contribution in [2.45, 2.75) is 18.9 Å². The van der Waals surface area contributed by atoms with Crippen LogP contribution in [-0.2, 0) is 4.79 Å². The molecule has 3 aliphatic heterocycles. The average Bonchev–Trinajstić information content (AvgIpc) is 3.21. The first-order valence-corrected chi connectivity index (χ1v) is 11.2. The number of hydrogen-bond acceptors (Lipinski definition) is 5. The summed E-state index contributed by atoms with van der Waals surface area (Å²) < 4.78 is 15.7. The fraction of sp³-hybridized carbons (Fsp3) is 0.304. The number of imide groups is 1. The van der Waals surface area contributed by atoms with E-state index < -0.39 is 11.8 Å². The molecule has 2 fully saturated rings. The van der Waals surface area contributed by atoms with E-state index in [1.54, 1.807) is 24.3 Å². The smallest absolute Gasteiger partial charge is 0.260 e. The molecule has 0 spiro atoms. The molecule has 2 aromatic rings. The molecule has 2 aromatic carbocycles. The van der Waals surface area contributed by atoms with Gasteiger partial charge in [-0.3, -0.25) is 19.8 Å². The van der Waals surface area contributed by atoms with E-state index >= 15 is 0 Å². The Morgan fingerprint density at radius 3 is 2.77 bits per heavy atom. The first-order valence-electron chi connectivity index (χ1n) is 10.4. The lowest BCUT2D eigenvalue weighted by atomic mass is 9.95. The zero-order valence-corrected chi connectivity index (χ0v) is 18.4. The summed E-state index contributed by atoms with van der Waals surface area (Å²) >= 11 is 3.38. The number of amides is 2. The van der Waals surface area contributed by atoms with Gasteiger partial charge in [-0.15, -0.1) is 0 Å². The third kappa shape index (κ3) is 3.85. The number of anilines is 2. The van der Waals surface area contributed by atoms with E-state index in [0.717, 1.165) is 30.7 Å². The van der Waals surface area contributed by atoms with Crippen molar-refractivity contribution in [2.75, 3.05) is 36.4 Å². The maximum absolute atomic E-state index is 14.9. The van der Waals surface area contributed by atoms with Crippen LogP contribution in [0.25, 0.3) is 5.57 Å². The van der Waals surface area contributed by atoms with Crippen molar-refractivity contribution in [1.29, 1.82) is 0 Å². The number of nitrogens with one attached hydrogen (secondary N) is 2. The minimum absolute atomic E-state index is 0.290. The van der Waals surface area contributed by atoms with Crippen LogP contribution in [0.2, 0.25) is 0 Å². The molecule has 31 heavy (non-hydrogen) atoms. The molecule has 5 rings (SSSR count). The highest BCUT2D eigenvalue weighted by atomic mass is 79.9. The molecule has 0 bridgehead atoms. The number of halogens is 2. The number of piperazine rings is 1. The van der Waals surface area contributed by atoms with Crippen molar-refractivity contribution in [2.24, 2.45) is 0 Å². The molecule has 0 aromatic heterocycles. The van der Waals surface area contributed by atoms with Gasteiger partial charge in [-0.1, -0.05) is 15.9 Å². The summed E-state index contributed by atoms with van der Waals surface area (Å²) in [6.45, 7) is 3.80. The predicted molar refractivity (Wildman–Crippen MR) is 121 cm³/mol. The van der Waals surface area contributed by atoms with Crippen LogP contribution in [0.3, 0.4) is 0 Å². The summed E-state index contributed by atoms with van der Waals surface area (Å²) in [5, 5.41) is 5.35. The Morgan fingerprint density at radius 2 is 1.94 bits per heavy atom. The Kier molecular flexibility index (Phi) is 5.27. The van der Waals surface area contributed by atoms with Crippen LogP contribution in [0.1, 0.15) is 28.8 Å². The van der Waals surface area contributed by atoms with Gasteiger partial charge in [0.25, 0.3) is 11.8 Å². The second-order valence-electron chi connectivity index (χ2n) is 8.12. The van der Waals surface area contributed by atoms with Gasteiger partial charge in [0, 0.05) is 53.2 Å². The van der Waals surface area contributed by atoms with Crippen molar-refractivity contribution in [1.82, 2.24) is 10.2 Å². The van der Waals surface area contributed by atoms with Crippen LogP contribution < -0.4 is 15.5 Å². The molecule has 2 amide bonds. The minimum atomic E-state index is -0.491. The lowest BCUT2D eigenvalue weighted by molar-refractivity contribution is -0.114. The van der Waals surface area contributed by atoms with Gasteiger partial charge in [-0.2, -0.15) is 0 Å². The Balaban J connectivity index is 1.36. The summed E-state index contributed by atoms with van der Waals surface area (Å²) in [7, 11) is 0. The summed E-state index contributed by atoms with van der Waals surface area (Å²) in [4.78, 5) is 29.1. The molecule has 160 valence electrons. The number of carbonyl (C=O) groups excluding carboxylic acids is 2.